The van der Waals surface area contributed by atoms with E-state index in [0.29, 0.717) is 0 Å². The Balaban J connectivity index is 2.22. The quantitative estimate of drug-likeness (QED) is 0.715. The van der Waals surface area contributed by atoms with Crippen LogP contribution < -0.4 is 5.32 Å². The molecule has 0 bridgehead atoms. The van der Waals surface area contributed by atoms with Crippen LogP contribution in [0.25, 0.3) is 21.7 Å². The minimum atomic E-state index is 0.110. The van der Waals surface area contributed by atoms with Crippen LogP contribution in [0, 0.1) is 5.41 Å². The summed E-state index contributed by atoms with van der Waals surface area (Å²) in [5, 5.41) is 6.94. The van der Waals surface area contributed by atoms with Gasteiger partial charge in [-0.25, -0.2) is 0 Å². The van der Waals surface area contributed by atoms with E-state index in [9.17, 15) is 0 Å². The van der Waals surface area contributed by atoms with E-state index in [-0.39, 0.29) is 11.5 Å². The highest BCUT2D eigenvalue weighted by Crippen LogP contribution is 2.37. The van der Waals surface area contributed by atoms with Gasteiger partial charge in [0.05, 0.1) is 6.04 Å². The number of nitrogens with one attached hydrogen (secondary N) is 1. The van der Waals surface area contributed by atoms with E-state index < -0.39 is 0 Å². The lowest BCUT2D eigenvalue weighted by molar-refractivity contribution is 0.254. The lowest BCUT2D eigenvalue weighted by Crippen LogP contribution is -2.29. The minimum absolute atomic E-state index is 0.110. The zero-order valence-corrected chi connectivity index (χ0v) is 12.5. The summed E-state index contributed by atoms with van der Waals surface area (Å²) < 4.78 is 6.20. The number of furan rings is 1. The largest absolute Gasteiger partial charge is 0.459 e. The average Bonchev–Trinajstić information content (AvgIpc) is 2.81. The molecule has 2 nitrogen and oxygen atoms in total. The van der Waals surface area contributed by atoms with Gasteiger partial charge >= 0.3 is 0 Å². The summed E-state index contributed by atoms with van der Waals surface area (Å²) in [5.41, 5.74) is 1.10. The van der Waals surface area contributed by atoms with Crippen LogP contribution in [0.1, 0.15) is 32.6 Å². The van der Waals surface area contributed by atoms with Crippen molar-refractivity contribution >= 4 is 21.7 Å². The van der Waals surface area contributed by atoms with Gasteiger partial charge in [0.25, 0.3) is 0 Å². The summed E-state index contributed by atoms with van der Waals surface area (Å²) >= 11 is 0. The van der Waals surface area contributed by atoms with Crippen LogP contribution in [0.15, 0.2) is 46.9 Å². The Morgan fingerprint density at radius 3 is 2.40 bits per heavy atom. The molecule has 0 aliphatic rings. The fourth-order valence-corrected chi connectivity index (χ4v) is 2.93. The monoisotopic (exact) mass is 267 g/mol. The van der Waals surface area contributed by atoms with Gasteiger partial charge in [-0.3, -0.25) is 0 Å². The van der Waals surface area contributed by atoms with Crippen molar-refractivity contribution in [2.24, 2.45) is 5.41 Å². The van der Waals surface area contributed by atoms with Crippen molar-refractivity contribution in [3.05, 3.63) is 48.2 Å². The summed E-state index contributed by atoms with van der Waals surface area (Å²) in [4.78, 5) is 0. The number of hydrogen-bond acceptors (Lipinski definition) is 2. The second-order valence-electron chi connectivity index (χ2n) is 6.44. The molecular formula is C18H21NO. The van der Waals surface area contributed by atoms with Gasteiger partial charge in [0, 0.05) is 10.8 Å². The SMILES string of the molecule is CNC(c1cc2ccc3ccccc3c2o1)C(C)(C)C. The topological polar surface area (TPSA) is 25.2 Å². The second kappa shape index (κ2) is 4.64. The van der Waals surface area contributed by atoms with Gasteiger partial charge < -0.3 is 9.73 Å². The Morgan fingerprint density at radius 2 is 1.70 bits per heavy atom. The minimum Gasteiger partial charge on any atom is -0.459 e. The first-order chi connectivity index (χ1) is 9.50. The van der Waals surface area contributed by atoms with E-state index in [2.05, 4.69) is 68.6 Å². The molecular weight excluding hydrogens is 246 g/mol. The number of hydrogen-bond donors (Lipinski definition) is 1. The third kappa shape index (κ3) is 2.10. The zero-order valence-electron chi connectivity index (χ0n) is 12.5. The number of fused-ring (bicyclic) bond motifs is 3. The maximum Gasteiger partial charge on any atom is 0.142 e. The molecule has 0 amide bonds. The van der Waals surface area contributed by atoms with Gasteiger partial charge in [-0.2, -0.15) is 0 Å². The molecule has 0 saturated heterocycles. The normalized spacial score (nSPS) is 14.0. The molecule has 0 saturated carbocycles. The molecule has 1 aromatic heterocycles. The highest BCUT2D eigenvalue weighted by Gasteiger charge is 2.27. The Kier molecular flexibility index (Phi) is 3.06. The van der Waals surface area contributed by atoms with E-state index in [1.54, 1.807) is 0 Å². The van der Waals surface area contributed by atoms with E-state index in [4.69, 9.17) is 4.42 Å². The molecule has 2 aromatic carbocycles. The molecule has 0 spiro atoms. The van der Waals surface area contributed by atoms with Gasteiger partial charge in [0.2, 0.25) is 0 Å². The van der Waals surface area contributed by atoms with Crippen LogP contribution in [0.3, 0.4) is 0 Å². The third-order valence-electron chi connectivity index (χ3n) is 3.87. The molecule has 1 atom stereocenters. The Bertz CT molecular complexity index is 749. The van der Waals surface area contributed by atoms with Crippen molar-refractivity contribution in [2.45, 2.75) is 26.8 Å². The standard InChI is InChI=1S/C18H21NO/c1-18(2,3)17(19-4)15-11-13-10-9-12-7-5-6-8-14(12)16(13)20-15/h5-11,17,19H,1-4H3. The Hall–Kier alpha value is -1.80. The molecule has 104 valence electrons. The first kappa shape index (κ1) is 13.2. The van der Waals surface area contributed by atoms with Gasteiger partial charge in [0.1, 0.15) is 11.3 Å². The Morgan fingerprint density at radius 1 is 1.00 bits per heavy atom. The van der Waals surface area contributed by atoms with Crippen molar-refractivity contribution in [2.75, 3.05) is 7.05 Å². The van der Waals surface area contributed by atoms with Crippen LogP contribution in [0.5, 0.6) is 0 Å². The molecule has 3 rings (SSSR count). The van der Waals surface area contributed by atoms with Crippen molar-refractivity contribution in [1.29, 1.82) is 0 Å². The predicted molar refractivity (Wildman–Crippen MR) is 85.0 cm³/mol. The third-order valence-corrected chi connectivity index (χ3v) is 3.87. The molecule has 1 N–H and O–H groups in total. The Labute approximate surface area is 119 Å². The lowest BCUT2D eigenvalue weighted by atomic mass is 9.85. The van der Waals surface area contributed by atoms with Gasteiger partial charge in [-0.05, 0) is 23.9 Å². The number of rotatable bonds is 2. The summed E-state index contributed by atoms with van der Waals surface area (Å²) in [7, 11) is 1.99. The van der Waals surface area contributed by atoms with E-state index in [1.807, 2.05) is 7.05 Å². The highest BCUT2D eigenvalue weighted by molar-refractivity contribution is 6.04. The smallest absolute Gasteiger partial charge is 0.142 e. The molecule has 0 fully saturated rings. The van der Waals surface area contributed by atoms with Crippen LogP contribution in [0.4, 0.5) is 0 Å². The summed E-state index contributed by atoms with van der Waals surface area (Å²) in [6, 6.07) is 15.0. The molecule has 2 heteroatoms. The zero-order chi connectivity index (χ0) is 14.3. The lowest BCUT2D eigenvalue weighted by Gasteiger charge is -2.28. The first-order valence-electron chi connectivity index (χ1n) is 7.09. The molecule has 20 heavy (non-hydrogen) atoms. The molecule has 0 aliphatic heterocycles. The van der Waals surface area contributed by atoms with Gasteiger partial charge in [0.15, 0.2) is 0 Å². The van der Waals surface area contributed by atoms with Crippen LogP contribution >= 0.6 is 0 Å². The van der Waals surface area contributed by atoms with Crippen LogP contribution in [0.2, 0.25) is 0 Å². The van der Waals surface area contributed by atoms with Crippen molar-refractivity contribution in [3.63, 3.8) is 0 Å². The van der Waals surface area contributed by atoms with E-state index in [1.165, 1.54) is 16.2 Å². The predicted octanol–water partition coefficient (Wildman–Crippen LogP) is 4.89. The molecule has 0 radical (unpaired) electrons. The van der Waals surface area contributed by atoms with Gasteiger partial charge in [-0.1, -0.05) is 57.2 Å². The molecule has 1 heterocycles. The van der Waals surface area contributed by atoms with Gasteiger partial charge in [-0.15, -0.1) is 0 Å². The summed E-state index contributed by atoms with van der Waals surface area (Å²) in [5.74, 6) is 1.01. The highest BCUT2D eigenvalue weighted by atomic mass is 16.3. The second-order valence-corrected chi connectivity index (χ2v) is 6.44. The summed E-state index contributed by atoms with van der Waals surface area (Å²) in [6.07, 6.45) is 0. The first-order valence-corrected chi connectivity index (χ1v) is 7.09. The van der Waals surface area contributed by atoms with E-state index >= 15 is 0 Å². The molecule has 1 unspecified atom stereocenters. The van der Waals surface area contributed by atoms with Crippen molar-refractivity contribution in [1.82, 2.24) is 5.32 Å². The molecule has 0 aliphatic carbocycles. The van der Waals surface area contributed by atoms with E-state index in [0.717, 1.165) is 11.3 Å². The van der Waals surface area contributed by atoms with Crippen molar-refractivity contribution in [3.8, 4) is 0 Å². The van der Waals surface area contributed by atoms with Crippen molar-refractivity contribution < 1.29 is 4.42 Å². The molecule has 3 aromatic rings. The summed E-state index contributed by atoms with van der Waals surface area (Å²) in [6.45, 7) is 6.67. The number of benzene rings is 2. The van der Waals surface area contributed by atoms with Crippen LogP contribution in [-0.4, -0.2) is 7.05 Å². The fraction of sp³-hybridized carbons (Fsp3) is 0.333. The maximum atomic E-state index is 6.20. The average molecular weight is 267 g/mol. The van der Waals surface area contributed by atoms with Crippen LogP contribution in [-0.2, 0) is 0 Å². The maximum absolute atomic E-state index is 6.20. The fourth-order valence-electron chi connectivity index (χ4n) is 2.93.